The molecule has 37 heavy (non-hydrogen) atoms. The van der Waals surface area contributed by atoms with Crippen molar-refractivity contribution in [3.63, 3.8) is 0 Å². The lowest BCUT2D eigenvalue weighted by Gasteiger charge is -2.26. The average molecular weight is 517 g/mol. The van der Waals surface area contributed by atoms with Gasteiger partial charge < -0.3 is 25.0 Å². The summed E-state index contributed by atoms with van der Waals surface area (Å²) in [7, 11) is 0. The first kappa shape index (κ1) is 23.8. The number of anilines is 2. The highest BCUT2D eigenvalue weighted by Gasteiger charge is 2.20. The number of hydrogen-bond donors (Lipinski definition) is 2. The van der Waals surface area contributed by atoms with E-state index < -0.39 is 0 Å². The van der Waals surface area contributed by atoms with Crippen molar-refractivity contribution >= 4 is 39.8 Å². The molecule has 1 amide bonds. The fourth-order valence-corrected chi connectivity index (χ4v) is 5.27. The van der Waals surface area contributed by atoms with E-state index in [4.69, 9.17) is 14.5 Å². The van der Waals surface area contributed by atoms with E-state index >= 15 is 0 Å². The molecule has 0 atom stereocenters. The van der Waals surface area contributed by atoms with Crippen molar-refractivity contribution < 1.29 is 14.3 Å². The lowest BCUT2D eigenvalue weighted by molar-refractivity contribution is 0.0303. The van der Waals surface area contributed by atoms with Gasteiger partial charge in [0, 0.05) is 53.6 Å². The number of piperidine rings is 1. The van der Waals surface area contributed by atoms with Crippen molar-refractivity contribution in [2.24, 2.45) is 0 Å². The molecule has 2 aromatic heterocycles. The largest absolute Gasteiger partial charge is 0.490 e. The number of nitrogens with one attached hydrogen (secondary N) is 2. The summed E-state index contributed by atoms with van der Waals surface area (Å²) in [5.41, 5.74) is 3.22. The molecule has 2 N–H and O–H groups in total. The van der Waals surface area contributed by atoms with Gasteiger partial charge in [-0.3, -0.25) is 4.79 Å². The van der Waals surface area contributed by atoms with Crippen LogP contribution in [0.2, 0.25) is 0 Å². The smallest absolute Gasteiger partial charge is 0.254 e. The summed E-state index contributed by atoms with van der Waals surface area (Å²) in [6, 6.07) is 11.4. The molecule has 190 valence electrons. The number of benzene rings is 2. The molecule has 2 aromatic carbocycles. The molecule has 9 nitrogen and oxygen atoms in total. The molecule has 2 aliphatic heterocycles. The van der Waals surface area contributed by atoms with Gasteiger partial charge in [-0.1, -0.05) is 0 Å². The highest BCUT2D eigenvalue weighted by Crippen LogP contribution is 2.36. The van der Waals surface area contributed by atoms with E-state index in [1.165, 1.54) is 0 Å². The van der Waals surface area contributed by atoms with Gasteiger partial charge in [0.05, 0.1) is 24.3 Å². The first-order valence-corrected chi connectivity index (χ1v) is 13.4. The van der Waals surface area contributed by atoms with E-state index in [0.717, 1.165) is 58.8 Å². The summed E-state index contributed by atoms with van der Waals surface area (Å²) in [6.07, 6.45) is 5.72. The molecule has 6 rings (SSSR count). The molecule has 0 aliphatic carbocycles. The van der Waals surface area contributed by atoms with Crippen LogP contribution in [0.3, 0.4) is 0 Å². The van der Waals surface area contributed by atoms with Crippen LogP contribution in [0.25, 0.3) is 21.5 Å². The SMILES string of the molecule is O=C(c1ccc(Nc2ncc3cc(-c4nccs4)c(OC4CCNCC4)cc3n2)cc1)N1CCOCC1. The van der Waals surface area contributed by atoms with Crippen LogP contribution < -0.4 is 15.4 Å². The average Bonchev–Trinajstić information content (AvgIpc) is 3.49. The lowest BCUT2D eigenvalue weighted by atomic mass is 10.1. The Kier molecular flexibility index (Phi) is 6.94. The number of carbonyl (C=O) groups excluding carboxylic acids is 1. The number of fused-ring (bicyclic) bond motifs is 1. The fraction of sp³-hybridized carbons (Fsp3) is 0.333. The molecule has 0 bridgehead atoms. The van der Waals surface area contributed by atoms with Crippen molar-refractivity contribution in [2.75, 3.05) is 44.7 Å². The van der Waals surface area contributed by atoms with E-state index in [2.05, 4.69) is 26.7 Å². The van der Waals surface area contributed by atoms with Gasteiger partial charge in [0.15, 0.2) is 0 Å². The van der Waals surface area contributed by atoms with E-state index in [9.17, 15) is 4.79 Å². The number of hydrogen-bond acceptors (Lipinski definition) is 9. The topological polar surface area (TPSA) is 102 Å². The molecular weight excluding hydrogens is 488 g/mol. The number of aromatic nitrogens is 3. The van der Waals surface area contributed by atoms with Gasteiger partial charge in [-0.05, 0) is 56.3 Å². The summed E-state index contributed by atoms with van der Waals surface area (Å²) in [4.78, 5) is 28.3. The quantitative estimate of drug-likeness (QED) is 0.395. The van der Waals surface area contributed by atoms with Gasteiger partial charge in [-0.15, -0.1) is 11.3 Å². The predicted molar refractivity (Wildman–Crippen MR) is 144 cm³/mol. The number of nitrogens with zero attached hydrogens (tertiary/aromatic N) is 4. The zero-order valence-electron chi connectivity index (χ0n) is 20.4. The molecule has 2 fully saturated rings. The minimum Gasteiger partial charge on any atom is -0.490 e. The van der Waals surface area contributed by atoms with Gasteiger partial charge in [0.1, 0.15) is 16.9 Å². The van der Waals surface area contributed by atoms with Gasteiger partial charge in [-0.2, -0.15) is 0 Å². The molecule has 4 aromatic rings. The third-order valence-electron chi connectivity index (χ3n) is 6.61. The Morgan fingerprint density at radius 3 is 2.68 bits per heavy atom. The van der Waals surface area contributed by atoms with Gasteiger partial charge in [-0.25, -0.2) is 15.0 Å². The van der Waals surface area contributed by atoms with Gasteiger partial charge in [0.2, 0.25) is 5.95 Å². The number of thiazole rings is 1. The highest BCUT2D eigenvalue weighted by molar-refractivity contribution is 7.13. The van der Waals surface area contributed by atoms with E-state index in [1.54, 1.807) is 11.3 Å². The Bertz CT molecular complexity index is 1370. The van der Waals surface area contributed by atoms with Crippen LogP contribution in [0.15, 0.2) is 54.2 Å². The van der Waals surface area contributed by atoms with E-state index in [1.807, 2.05) is 53.0 Å². The van der Waals surface area contributed by atoms with Crippen LogP contribution in [0, 0.1) is 0 Å². The van der Waals surface area contributed by atoms with Crippen molar-refractivity contribution in [3.05, 3.63) is 59.7 Å². The highest BCUT2D eigenvalue weighted by atomic mass is 32.1. The number of carbonyl (C=O) groups is 1. The first-order valence-electron chi connectivity index (χ1n) is 12.5. The molecule has 0 saturated carbocycles. The number of morpholine rings is 1. The summed E-state index contributed by atoms with van der Waals surface area (Å²) in [5.74, 6) is 1.30. The van der Waals surface area contributed by atoms with Crippen molar-refractivity contribution in [1.29, 1.82) is 0 Å². The molecule has 0 spiro atoms. The molecule has 0 unspecified atom stereocenters. The predicted octanol–water partition coefficient (Wildman–Crippen LogP) is 4.10. The molecule has 2 aliphatic rings. The maximum Gasteiger partial charge on any atom is 0.254 e. The normalized spacial score (nSPS) is 16.6. The maximum absolute atomic E-state index is 12.7. The van der Waals surface area contributed by atoms with Crippen LogP contribution in [0.1, 0.15) is 23.2 Å². The second-order valence-electron chi connectivity index (χ2n) is 9.11. The Morgan fingerprint density at radius 2 is 1.92 bits per heavy atom. The summed E-state index contributed by atoms with van der Waals surface area (Å²) in [5, 5.41) is 10.4. The fourth-order valence-electron chi connectivity index (χ4n) is 4.61. The van der Waals surface area contributed by atoms with Crippen molar-refractivity contribution in [2.45, 2.75) is 18.9 Å². The third kappa shape index (κ3) is 5.41. The molecular formula is C27H28N6O3S. The second kappa shape index (κ2) is 10.8. The zero-order valence-corrected chi connectivity index (χ0v) is 21.2. The van der Waals surface area contributed by atoms with Crippen molar-refractivity contribution in [1.82, 2.24) is 25.2 Å². The van der Waals surface area contributed by atoms with Crippen LogP contribution in [0.5, 0.6) is 5.75 Å². The third-order valence-corrected chi connectivity index (χ3v) is 7.42. The Morgan fingerprint density at radius 1 is 1.11 bits per heavy atom. The van der Waals surface area contributed by atoms with Crippen LogP contribution in [0.4, 0.5) is 11.6 Å². The summed E-state index contributed by atoms with van der Waals surface area (Å²) >= 11 is 1.59. The number of rotatable bonds is 6. The van der Waals surface area contributed by atoms with E-state index in [0.29, 0.717) is 37.8 Å². The summed E-state index contributed by atoms with van der Waals surface area (Å²) < 4.78 is 11.8. The Balaban J connectivity index is 1.23. The van der Waals surface area contributed by atoms with Crippen molar-refractivity contribution in [3.8, 4) is 16.3 Å². The Labute approximate surface area is 218 Å². The minimum atomic E-state index is 0.0223. The minimum absolute atomic E-state index is 0.0223. The van der Waals surface area contributed by atoms with Crippen LogP contribution in [-0.4, -0.2) is 71.3 Å². The maximum atomic E-state index is 12.7. The molecule has 10 heteroatoms. The first-order chi connectivity index (χ1) is 18.2. The molecule has 4 heterocycles. The van der Waals surface area contributed by atoms with Crippen LogP contribution in [-0.2, 0) is 4.74 Å². The standard InChI is InChI=1S/C27H28N6O3S/c34-26(33-10-12-35-13-11-33)18-1-3-20(4-2-18)31-27-30-17-19-15-22(25-29-9-14-37-25)24(16-23(19)32-27)36-21-5-7-28-8-6-21/h1-4,9,14-17,21,28H,5-8,10-13H2,(H,30,31,32). The summed E-state index contributed by atoms with van der Waals surface area (Å²) in [6.45, 7) is 4.33. The van der Waals surface area contributed by atoms with Crippen LogP contribution >= 0.6 is 11.3 Å². The zero-order chi connectivity index (χ0) is 25.0. The van der Waals surface area contributed by atoms with Gasteiger partial charge in [0.25, 0.3) is 5.91 Å². The number of ether oxygens (including phenoxy) is 2. The number of amides is 1. The lowest BCUT2D eigenvalue weighted by Crippen LogP contribution is -2.40. The molecule has 0 radical (unpaired) electrons. The van der Waals surface area contributed by atoms with Gasteiger partial charge >= 0.3 is 0 Å². The monoisotopic (exact) mass is 516 g/mol. The Hall–Kier alpha value is -3.60. The second-order valence-corrected chi connectivity index (χ2v) is 10.0. The molecule has 2 saturated heterocycles. The van der Waals surface area contributed by atoms with E-state index in [-0.39, 0.29) is 12.0 Å².